The van der Waals surface area contributed by atoms with Gasteiger partial charge in [-0.3, -0.25) is 0 Å². The zero-order valence-corrected chi connectivity index (χ0v) is 20.0. The van der Waals surface area contributed by atoms with Gasteiger partial charge in [0.25, 0.3) is 0 Å². The van der Waals surface area contributed by atoms with Crippen molar-refractivity contribution in [1.82, 2.24) is 9.21 Å². The average molecular weight is 498 g/mol. The lowest BCUT2D eigenvalue weighted by Crippen LogP contribution is -2.50. The molecule has 0 bridgehead atoms. The van der Waals surface area contributed by atoms with E-state index in [1.54, 1.807) is 6.92 Å². The molecule has 0 N–H and O–H groups in total. The highest BCUT2D eigenvalue weighted by Gasteiger charge is 2.34. The van der Waals surface area contributed by atoms with Crippen LogP contribution in [0.5, 0.6) is 0 Å². The number of hydrogen-bond donors (Lipinski definition) is 0. The molecule has 0 aromatic heterocycles. The van der Waals surface area contributed by atoms with Gasteiger partial charge in [-0.15, -0.1) is 0 Å². The van der Waals surface area contributed by atoms with Crippen molar-refractivity contribution in [2.45, 2.75) is 11.8 Å². The van der Waals surface area contributed by atoms with Gasteiger partial charge >= 0.3 is 18.0 Å². The molecule has 2 heterocycles. The quantitative estimate of drug-likeness (QED) is 0.405. The van der Waals surface area contributed by atoms with E-state index in [1.165, 1.54) is 52.6 Å². The number of carbonyl (C=O) groups excluding carboxylic acids is 3. The van der Waals surface area contributed by atoms with Gasteiger partial charge in [0.15, 0.2) is 0 Å². The van der Waals surface area contributed by atoms with E-state index in [1.807, 2.05) is 0 Å². The Kier molecular flexibility index (Phi) is 8.12. The second-order valence-electron chi connectivity index (χ2n) is 7.30. The molecule has 1 fully saturated rings. The predicted octanol–water partition coefficient (Wildman–Crippen LogP) is 0.544. The first-order valence-electron chi connectivity index (χ1n) is 10.5. The number of anilines is 1. The second-order valence-corrected chi connectivity index (χ2v) is 9.24. The number of methoxy groups -OCH3 is 2. The summed E-state index contributed by atoms with van der Waals surface area (Å²) in [6.07, 6.45) is -0.464. The van der Waals surface area contributed by atoms with E-state index in [2.05, 4.69) is 0 Å². The molecule has 13 heteroatoms. The summed E-state index contributed by atoms with van der Waals surface area (Å²) >= 11 is 0. The van der Waals surface area contributed by atoms with Gasteiger partial charge in [0.05, 0.1) is 37.9 Å². The Balaban J connectivity index is 1.81. The minimum absolute atomic E-state index is 0.00299. The summed E-state index contributed by atoms with van der Waals surface area (Å²) in [6.45, 7) is 2.51. The maximum atomic E-state index is 13.1. The van der Waals surface area contributed by atoms with Crippen LogP contribution in [0, 0.1) is 0 Å². The number of benzene rings is 1. The molecule has 34 heavy (non-hydrogen) atoms. The van der Waals surface area contributed by atoms with Gasteiger partial charge in [-0.2, -0.15) is 4.31 Å². The zero-order valence-electron chi connectivity index (χ0n) is 19.2. The number of esters is 2. The summed E-state index contributed by atoms with van der Waals surface area (Å²) in [6, 6.07) is 5.83. The number of amides is 1. The molecule has 12 nitrogen and oxygen atoms in total. The highest BCUT2D eigenvalue weighted by molar-refractivity contribution is 7.89. The van der Waals surface area contributed by atoms with Crippen LogP contribution in [0.25, 0.3) is 0 Å². The maximum Gasteiger partial charge on any atom is 0.409 e. The van der Waals surface area contributed by atoms with E-state index in [4.69, 9.17) is 18.9 Å². The van der Waals surface area contributed by atoms with Gasteiger partial charge in [-0.25, -0.2) is 22.8 Å². The zero-order chi connectivity index (χ0) is 24.9. The van der Waals surface area contributed by atoms with Crippen molar-refractivity contribution in [2.24, 2.45) is 0 Å². The van der Waals surface area contributed by atoms with Gasteiger partial charge in [-0.1, -0.05) is 0 Å². The fourth-order valence-corrected chi connectivity index (χ4v) is 5.04. The minimum Gasteiger partial charge on any atom is -0.466 e. The third-order valence-corrected chi connectivity index (χ3v) is 7.30. The van der Waals surface area contributed by atoms with Crippen LogP contribution in [0.15, 0.2) is 40.4 Å². The van der Waals surface area contributed by atoms with Crippen molar-refractivity contribution in [1.29, 1.82) is 0 Å². The monoisotopic (exact) mass is 497 g/mol. The molecule has 1 aromatic rings. The van der Waals surface area contributed by atoms with Crippen LogP contribution in [0.3, 0.4) is 0 Å². The molecular formula is C21H27N3O9S. The van der Waals surface area contributed by atoms with Gasteiger partial charge in [0.2, 0.25) is 10.0 Å². The number of sulfonamides is 1. The van der Waals surface area contributed by atoms with Crippen LogP contribution in [-0.2, 0) is 38.6 Å². The lowest BCUT2D eigenvalue weighted by molar-refractivity contribution is -0.140. The van der Waals surface area contributed by atoms with Gasteiger partial charge in [0, 0.05) is 31.9 Å². The molecule has 186 valence electrons. The molecule has 2 aliphatic rings. The Morgan fingerprint density at radius 2 is 1.59 bits per heavy atom. The minimum atomic E-state index is -3.81. The molecule has 0 spiro atoms. The fourth-order valence-electron chi connectivity index (χ4n) is 3.62. The van der Waals surface area contributed by atoms with Crippen LogP contribution in [0.4, 0.5) is 10.5 Å². The highest BCUT2D eigenvalue weighted by Crippen LogP contribution is 2.28. The van der Waals surface area contributed by atoms with Crippen LogP contribution < -0.4 is 4.90 Å². The van der Waals surface area contributed by atoms with E-state index in [0.717, 1.165) is 0 Å². The molecule has 0 saturated carbocycles. The van der Waals surface area contributed by atoms with E-state index in [-0.39, 0.29) is 62.3 Å². The molecular weight excluding hydrogens is 470 g/mol. The van der Waals surface area contributed by atoms with E-state index < -0.39 is 28.1 Å². The molecule has 0 aliphatic carbocycles. The first-order valence-corrected chi connectivity index (χ1v) is 12.0. The molecule has 1 amide bonds. The fraction of sp³-hybridized carbons (Fsp3) is 0.476. The summed E-state index contributed by atoms with van der Waals surface area (Å²) in [5, 5.41) is 0. The van der Waals surface area contributed by atoms with E-state index in [0.29, 0.717) is 5.69 Å². The summed E-state index contributed by atoms with van der Waals surface area (Å²) in [5.41, 5.74) is 0.385. The van der Waals surface area contributed by atoms with Crippen molar-refractivity contribution in [2.75, 3.05) is 65.2 Å². The lowest BCUT2D eigenvalue weighted by Gasteiger charge is -2.33. The molecule has 0 atom stereocenters. The topological polar surface area (TPSA) is 132 Å². The highest BCUT2D eigenvalue weighted by atomic mass is 32.2. The summed E-state index contributed by atoms with van der Waals surface area (Å²) in [5.74, 6) is -1.48. The summed E-state index contributed by atoms with van der Waals surface area (Å²) in [4.78, 5) is 39.3. The summed E-state index contributed by atoms with van der Waals surface area (Å²) < 4.78 is 47.4. The van der Waals surface area contributed by atoms with Gasteiger partial charge < -0.3 is 28.7 Å². The van der Waals surface area contributed by atoms with E-state index >= 15 is 0 Å². The molecule has 1 saturated heterocycles. The van der Waals surface area contributed by atoms with Crippen molar-refractivity contribution >= 4 is 33.7 Å². The largest absolute Gasteiger partial charge is 0.466 e. The van der Waals surface area contributed by atoms with Gasteiger partial charge in [-0.05, 0) is 31.2 Å². The number of piperazine rings is 1. The molecule has 0 radical (unpaired) electrons. The third-order valence-electron chi connectivity index (χ3n) is 5.38. The van der Waals surface area contributed by atoms with Crippen molar-refractivity contribution in [3.8, 4) is 0 Å². The predicted molar refractivity (Wildman–Crippen MR) is 118 cm³/mol. The first-order chi connectivity index (χ1) is 16.2. The number of carbonyl (C=O) groups is 3. The van der Waals surface area contributed by atoms with Crippen LogP contribution in [-0.4, -0.2) is 96.0 Å². The number of rotatable bonds is 6. The Hall–Kier alpha value is -3.16. The van der Waals surface area contributed by atoms with E-state index in [9.17, 15) is 22.8 Å². The normalized spacial score (nSPS) is 17.4. The van der Waals surface area contributed by atoms with Crippen molar-refractivity contribution in [3.63, 3.8) is 0 Å². The lowest BCUT2D eigenvalue weighted by atomic mass is 10.1. The molecule has 2 aliphatic heterocycles. The first kappa shape index (κ1) is 25.5. The SMILES string of the molecule is CCOC(=O)N1CCN(S(=O)(=O)c2ccc(N3COCC(C(=O)OC)=C3C(=O)OC)cc2)CC1. The molecule has 3 rings (SSSR count). The molecule has 1 aromatic carbocycles. The third kappa shape index (κ3) is 5.16. The van der Waals surface area contributed by atoms with Gasteiger partial charge in [0.1, 0.15) is 12.4 Å². The average Bonchev–Trinajstić information content (AvgIpc) is 2.87. The Labute approximate surface area is 197 Å². The second kappa shape index (κ2) is 10.8. The Morgan fingerprint density at radius 1 is 0.971 bits per heavy atom. The number of hydrogen-bond acceptors (Lipinski definition) is 10. The maximum absolute atomic E-state index is 13.1. The van der Waals surface area contributed by atoms with Crippen LogP contribution in [0.2, 0.25) is 0 Å². The summed E-state index contributed by atoms with van der Waals surface area (Å²) in [7, 11) is -1.43. The van der Waals surface area contributed by atoms with Crippen molar-refractivity contribution < 1.29 is 41.7 Å². The number of ether oxygens (including phenoxy) is 4. The Morgan fingerprint density at radius 3 is 2.15 bits per heavy atom. The van der Waals surface area contributed by atoms with Crippen molar-refractivity contribution in [3.05, 3.63) is 35.5 Å². The van der Waals surface area contributed by atoms with Crippen LogP contribution >= 0.6 is 0 Å². The smallest absolute Gasteiger partial charge is 0.409 e. The standard InChI is InChI=1S/C21H27N3O9S/c1-4-33-21(27)22-9-11-23(12-10-22)34(28,29)16-7-5-15(6-8-16)24-14-32-13-17(19(25)30-2)18(24)20(26)31-3/h5-8H,4,9-14H2,1-3H3. The molecule has 0 unspecified atom stereocenters. The Bertz CT molecular complexity index is 1060. The van der Waals surface area contributed by atoms with Crippen LogP contribution in [0.1, 0.15) is 6.92 Å². The number of nitrogens with zero attached hydrogens (tertiary/aromatic N) is 3.